The van der Waals surface area contributed by atoms with Crippen molar-refractivity contribution < 1.29 is 26.3 Å². The molecule has 3 rings (SSSR count). The molecule has 0 aromatic rings. The number of halogens is 6. The first-order valence-electron chi connectivity index (χ1n) is 13.5. The van der Waals surface area contributed by atoms with E-state index >= 15 is 0 Å². The summed E-state index contributed by atoms with van der Waals surface area (Å²) in [6.45, 7) is 3.33. The predicted octanol–water partition coefficient (Wildman–Crippen LogP) is 10.0. The van der Waals surface area contributed by atoms with Gasteiger partial charge in [0.25, 0.3) is 0 Å². The van der Waals surface area contributed by atoms with E-state index < -0.39 is 48.0 Å². The van der Waals surface area contributed by atoms with E-state index in [-0.39, 0.29) is 6.42 Å². The van der Waals surface area contributed by atoms with Crippen LogP contribution in [-0.4, -0.2) is 37.4 Å². The number of nitrogens with one attached hydrogen (secondary N) is 1. The van der Waals surface area contributed by atoms with E-state index in [4.69, 9.17) is 0 Å². The fourth-order valence-corrected chi connectivity index (χ4v) is 17.1. The zero-order valence-corrected chi connectivity index (χ0v) is 23.7. The molecule has 0 aromatic carbocycles. The summed E-state index contributed by atoms with van der Waals surface area (Å²) >= 11 is -1.25. The van der Waals surface area contributed by atoms with Crippen LogP contribution in [0.15, 0.2) is 0 Å². The number of hydrogen-bond donors (Lipinski definition) is 1. The van der Waals surface area contributed by atoms with Gasteiger partial charge in [-0.15, -0.1) is 0 Å². The Morgan fingerprint density at radius 1 is 0.657 bits per heavy atom. The van der Waals surface area contributed by atoms with Crippen molar-refractivity contribution in [2.24, 2.45) is 0 Å². The summed E-state index contributed by atoms with van der Waals surface area (Å²) in [7, 11) is -2.52. The molecule has 3 aliphatic rings. The monoisotopic (exact) mass is 568 g/mol. The second-order valence-electron chi connectivity index (χ2n) is 11.0. The van der Waals surface area contributed by atoms with Crippen LogP contribution in [0.25, 0.3) is 0 Å². The van der Waals surface area contributed by atoms with Crippen molar-refractivity contribution in [2.45, 2.75) is 150 Å². The zero-order valence-electron chi connectivity index (χ0n) is 21.1. The average molecular weight is 569 g/mol. The second kappa shape index (κ2) is 12.7. The van der Waals surface area contributed by atoms with E-state index in [1.54, 1.807) is 13.8 Å². The molecule has 3 saturated carbocycles. The third-order valence-electron chi connectivity index (χ3n) is 8.79. The van der Waals surface area contributed by atoms with Crippen molar-refractivity contribution in [3.63, 3.8) is 0 Å². The van der Waals surface area contributed by atoms with Crippen LogP contribution in [0.5, 0.6) is 0 Å². The van der Waals surface area contributed by atoms with Gasteiger partial charge in [0.2, 0.25) is 0 Å². The summed E-state index contributed by atoms with van der Waals surface area (Å²) in [6, 6.07) is 0. The molecule has 35 heavy (non-hydrogen) atoms. The molecule has 1 N–H and O–H groups in total. The number of rotatable bonds is 9. The molecular formula is C24H43F6N2PS2. The predicted molar refractivity (Wildman–Crippen MR) is 140 cm³/mol. The van der Waals surface area contributed by atoms with Crippen molar-refractivity contribution in [3.05, 3.63) is 0 Å². The van der Waals surface area contributed by atoms with Gasteiger partial charge in [-0.3, -0.25) is 0 Å². The standard InChI is InChI=1S/C24H43F6N2PS2/c1-3-22(2,32(34-23(25,26)27)35-24(28,29)30)31-33(19-13-7-4-8-14-19,20-15-9-5-10-16-20)21-17-11-6-12-18-21/h19-21,31,33H,3-18H2,1-2H3. The molecule has 0 aromatic heterocycles. The maximum atomic E-state index is 13.6. The van der Waals surface area contributed by atoms with Gasteiger partial charge < -0.3 is 0 Å². The molecule has 1 atom stereocenters. The van der Waals surface area contributed by atoms with Crippen LogP contribution in [0.1, 0.15) is 117 Å². The fraction of sp³-hybridized carbons (Fsp3) is 1.00. The van der Waals surface area contributed by atoms with E-state index in [2.05, 4.69) is 5.09 Å². The van der Waals surface area contributed by atoms with Crippen LogP contribution in [-0.2, 0) is 0 Å². The van der Waals surface area contributed by atoms with E-state index in [0.717, 1.165) is 77.0 Å². The minimum absolute atomic E-state index is 0.181. The number of nitrogens with zero attached hydrogens (tertiary/aromatic N) is 1. The first-order valence-corrected chi connectivity index (χ1v) is 17.3. The summed E-state index contributed by atoms with van der Waals surface area (Å²) < 4.78 is 81.9. The Balaban J connectivity index is 2.08. The Kier molecular flexibility index (Phi) is 10.9. The molecule has 0 aliphatic heterocycles. The summed E-state index contributed by atoms with van der Waals surface area (Å²) in [5.74, 6) is 0. The molecule has 3 fully saturated rings. The Morgan fingerprint density at radius 2 is 0.971 bits per heavy atom. The van der Waals surface area contributed by atoms with Crippen molar-refractivity contribution >= 4 is 31.3 Å². The van der Waals surface area contributed by atoms with Gasteiger partial charge in [0.05, 0.1) is 0 Å². The molecule has 208 valence electrons. The third-order valence-corrected chi connectivity index (χ3v) is 17.5. The molecule has 0 bridgehead atoms. The number of hydrogen-bond acceptors (Lipinski definition) is 4. The molecule has 2 nitrogen and oxygen atoms in total. The van der Waals surface area contributed by atoms with Crippen molar-refractivity contribution in [1.82, 2.24) is 8.80 Å². The molecule has 0 heterocycles. The Morgan fingerprint density at radius 3 is 1.23 bits per heavy atom. The van der Waals surface area contributed by atoms with Gasteiger partial charge in [0.15, 0.2) is 0 Å². The summed E-state index contributed by atoms with van der Waals surface area (Å²) in [5.41, 5.74) is -9.69. The van der Waals surface area contributed by atoms with E-state index in [0.29, 0.717) is 20.7 Å². The van der Waals surface area contributed by atoms with Gasteiger partial charge in [0, 0.05) is 0 Å². The van der Waals surface area contributed by atoms with Crippen LogP contribution in [0.2, 0.25) is 0 Å². The molecule has 0 amide bonds. The second-order valence-corrected chi connectivity index (χ2v) is 17.8. The molecule has 0 spiro atoms. The van der Waals surface area contributed by atoms with Crippen LogP contribution in [0.3, 0.4) is 0 Å². The van der Waals surface area contributed by atoms with E-state index in [9.17, 15) is 26.3 Å². The first kappa shape index (κ1) is 30.2. The molecule has 0 radical (unpaired) electrons. The molecule has 1 unspecified atom stereocenters. The van der Waals surface area contributed by atoms with Gasteiger partial charge in [-0.05, 0) is 0 Å². The van der Waals surface area contributed by atoms with Crippen molar-refractivity contribution in [1.29, 1.82) is 0 Å². The Bertz CT molecular complexity index is 585. The topological polar surface area (TPSA) is 15.3 Å². The van der Waals surface area contributed by atoms with E-state index in [1.807, 2.05) is 0 Å². The fourth-order valence-electron chi connectivity index (χ4n) is 7.18. The van der Waals surface area contributed by atoms with Gasteiger partial charge in [-0.25, -0.2) is 0 Å². The SMILES string of the molecule is CCC(C)(N[PH](C1CCCCC1)(C1CCCCC1)C1CCCCC1)N(SC(F)(F)F)SC(F)(F)F. The van der Waals surface area contributed by atoms with E-state index in [1.165, 1.54) is 19.3 Å². The van der Waals surface area contributed by atoms with Crippen LogP contribution in [0, 0.1) is 0 Å². The van der Waals surface area contributed by atoms with Crippen LogP contribution >= 0.6 is 31.3 Å². The first-order chi connectivity index (χ1) is 16.4. The summed E-state index contributed by atoms with van der Waals surface area (Å²) in [4.78, 5) is 0. The van der Waals surface area contributed by atoms with Gasteiger partial charge >= 0.3 is 217 Å². The summed E-state index contributed by atoms with van der Waals surface area (Å²) in [5, 5.41) is 3.87. The Hall–Kier alpha value is 0.630. The number of alkyl halides is 6. The van der Waals surface area contributed by atoms with Crippen LogP contribution < -0.4 is 5.09 Å². The van der Waals surface area contributed by atoms with Gasteiger partial charge in [0.1, 0.15) is 0 Å². The molecule has 3 aliphatic carbocycles. The Labute approximate surface area is 216 Å². The van der Waals surface area contributed by atoms with Gasteiger partial charge in [-0.2, -0.15) is 0 Å². The normalized spacial score (nSPS) is 25.1. The summed E-state index contributed by atoms with van der Waals surface area (Å²) in [6.07, 6.45) is 16.9. The molecular weight excluding hydrogens is 525 g/mol. The van der Waals surface area contributed by atoms with Gasteiger partial charge in [-0.1, -0.05) is 0 Å². The maximum absolute atomic E-state index is 13.6. The van der Waals surface area contributed by atoms with Crippen molar-refractivity contribution in [3.8, 4) is 0 Å². The third kappa shape index (κ3) is 8.06. The molecule has 11 heteroatoms. The molecule has 0 saturated heterocycles. The van der Waals surface area contributed by atoms with Crippen LogP contribution in [0.4, 0.5) is 26.3 Å². The van der Waals surface area contributed by atoms with Crippen molar-refractivity contribution in [2.75, 3.05) is 0 Å². The average Bonchev–Trinajstić information content (AvgIpc) is 2.82. The quantitative estimate of drug-likeness (QED) is 0.129. The zero-order chi connectivity index (χ0) is 25.7. The minimum atomic E-state index is -4.79.